The summed E-state index contributed by atoms with van der Waals surface area (Å²) in [6.45, 7) is 1.51. The lowest BCUT2D eigenvalue weighted by Gasteiger charge is -2.33. The molecule has 0 aromatic rings. The highest BCUT2D eigenvalue weighted by Crippen LogP contribution is 2.54. The molecule has 1 unspecified atom stereocenters. The number of ether oxygens (including phenoxy) is 2. The predicted molar refractivity (Wildman–Crippen MR) is 110 cm³/mol. The van der Waals surface area contributed by atoms with E-state index >= 15 is 0 Å². The average molecular weight is 517 g/mol. The predicted octanol–water partition coefficient (Wildman–Crippen LogP) is 9.07. The van der Waals surface area contributed by atoms with Gasteiger partial charge in [0.05, 0.1) is 0 Å². The summed E-state index contributed by atoms with van der Waals surface area (Å²) in [5.74, 6) is -18.7. The Balaban J connectivity index is 1.96. The van der Waals surface area contributed by atoms with Crippen molar-refractivity contribution in [1.29, 1.82) is 0 Å². The smallest absolute Gasteiger partial charge is 0.353 e. The van der Waals surface area contributed by atoms with E-state index in [0.29, 0.717) is 12.8 Å². The SMILES string of the molecule is FC(F)(F)C(F)(F)C(F)(F)C(F)(F)CCCCCCCCCCCCCCCOC1CCCO1. The molecule has 1 saturated heterocycles. The maximum absolute atomic E-state index is 13.4. The molecule has 1 fully saturated rings. The molecule has 0 amide bonds. The molecule has 34 heavy (non-hydrogen) atoms. The van der Waals surface area contributed by atoms with Crippen molar-refractivity contribution in [1.82, 2.24) is 0 Å². The summed E-state index contributed by atoms with van der Waals surface area (Å²) >= 11 is 0. The number of unbranched alkanes of at least 4 members (excludes halogenated alkanes) is 12. The van der Waals surface area contributed by atoms with Crippen molar-refractivity contribution in [2.24, 2.45) is 0 Å². The third kappa shape index (κ3) is 10.1. The summed E-state index contributed by atoms with van der Waals surface area (Å²) in [5.41, 5.74) is 0. The fourth-order valence-corrected chi connectivity index (χ4v) is 3.85. The molecule has 0 spiro atoms. The van der Waals surface area contributed by atoms with Crippen molar-refractivity contribution >= 4 is 0 Å². The van der Waals surface area contributed by atoms with Crippen LogP contribution in [0.15, 0.2) is 0 Å². The Bertz CT molecular complexity index is 533. The highest BCUT2D eigenvalue weighted by Gasteiger charge is 2.81. The Morgan fingerprint density at radius 2 is 1.03 bits per heavy atom. The zero-order chi connectivity index (χ0) is 25.7. The molecule has 2 nitrogen and oxygen atoms in total. The highest BCUT2D eigenvalue weighted by molar-refractivity contribution is 5.00. The van der Waals surface area contributed by atoms with Crippen LogP contribution in [0.3, 0.4) is 0 Å². The minimum atomic E-state index is -6.79. The molecule has 0 aliphatic carbocycles. The molecule has 1 atom stereocenters. The zero-order valence-corrected chi connectivity index (χ0v) is 19.5. The second-order valence-electron chi connectivity index (χ2n) is 9.01. The van der Waals surface area contributed by atoms with Crippen LogP contribution in [0.1, 0.15) is 103 Å². The van der Waals surface area contributed by atoms with E-state index in [4.69, 9.17) is 9.47 Å². The number of alkyl halides is 9. The Morgan fingerprint density at radius 3 is 1.44 bits per heavy atom. The van der Waals surface area contributed by atoms with Gasteiger partial charge < -0.3 is 9.47 Å². The Labute approximate surface area is 195 Å². The number of hydrogen-bond acceptors (Lipinski definition) is 2. The first-order valence-corrected chi connectivity index (χ1v) is 12.3. The summed E-state index contributed by atoms with van der Waals surface area (Å²) in [7, 11) is 0. The lowest BCUT2D eigenvalue weighted by molar-refractivity contribution is -0.396. The van der Waals surface area contributed by atoms with Gasteiger partial charge in [0, 0.05) is 26.1 Å². The fourth-order valence-electron chi connectivity index (χ4n) is 3.85. The average Bonchev–Trinajstić information content (AvgIpc) is 3.25. The molecule has 0 aromatic carbocycles. The van der Waals surface area contributed by atoms with Crippen LogP contribution in [0.2, 0.25) is 0 Å². The normalized spacial score (nSPS) is 18.1. The third-order valence-electron chi connectivity index (χ3n) is 6.04. The summed E-state index contributed by atoms with van der Waals surface area (Å²) in [6, 6.07) is 0. The van der Waals surface area contributed by atoms with E-state index < -0.39 is 36.8 Å². The molecule has 0 bridgehead atoms. The van der Waals surface area contributed by atoms with E-state index in [1.54, 1.807) is 0 Å². The molecule has 0 saturated carbocycles. The van der Waals surface area contributed by atoms with Crippen LogP contribution in [0.25, 0.3) is 0 Å². The molecule has 1 aliphatic heterocycles. The molecule has 11 heteroatoms. The van der Waals surface area contributed by atoms with Crippen LogP contribution in [-0.2, 0) is 9.47 Å². The van der Waals surface area contributed by atoms with Gasteiger partial charge in [0.15, 0.2) is 6.29 Å². The second-order valence-corrected chi connectivity index (χ2v) is 9.01. The maximum Gasteiger partial charge on any atom is 0.460 e. The number of rotatable bonds is 19. The van der Waals surface area contributed by atoms with Gasteiger partial charge >= 0.3 is 23.9 Å². The first-order chi connectivity index (χ1) is 15.8. The first-order valence-electron chi connectivity index (χ1n) is 12.3. The molecule has 0 aromatic heterocycles. The van der Waals surface area contributed by atoms with E-state index in [0.717, 1.165) is 83.8 Å². The largest absolute Gasteiger partial charge is 0.460 e. The summed E-state index contributed by atoms with van der Waals surface area (Å²) in [5, 5.41) is 0. The fraction of sp³-hybridized carbons (Fsp3) is 1.00. The van der Waals surface area contributed by atoms with Gasteiger partial charge in [-0.25, -0.2) is 0 Å². The van der Waals surface area contributed by atoms with Gasteiger partial charge in [-0.3, -0.25) is 0 Å². The number of halogens is 9. The van der Waals surface area contributed by atoms with Gasteiger partial charge in [0.25, 0.3) is 0 Å². The molecular weight excluding hydrogens is 479 g/mol. The zero-order valence-electron chi connectivity index (χ0n) is 19.5. The van der Waals surface area contributed by atoms with Crippen LogP contribution in [-0.4, -0.2) is 43.4 Å². The monoisotopic (exact) mass is 516 g/mol. The minimum absolute atomic E-state index is 0.0259. The lowest BCUT2D eigenvalue weighted by atomic mass is 9.97. The van der Waals surface area contributed by atoms with Gasteiger partial charge in [0.1, 0.15) is 0 Å². The summed E-state index contributed by atoms with van der Waals surface area (Å²) < 4.78 is 126. The van der Waals surface area contributed by atoms with Crippen molar-refractivity contribution in [3.63, 3.8) is 0 Å². The molecule has 204 valence electrons. The van der Waals surface area contributed by atoms with Crippen molar-refractivity contribution in [2.45, 2.75) is 133 Å². The number of hydrogen-bond donors (Lipinski definition) is 0. The van der Waals surface area contributed by atoms with Crippen molar-refractivity contribution in [3.05, 3.63) is 0 Å². The van der Waals surface area contributed by atoms with Gasteiger partial charge in [-0.1, -0.05) is 70.6 Å². The molecule has 0 N–H and O–H groups in total. The van der Waals surface area contributed by atoms with Crippen molar-refractivity contribution in [2.75, 3.05) is 13.2 Å². The summed E-state index contributed by atoms with van der Waals surface area (Å²) in [6.07, 6.45) is 3.61. The lowest BCUT2D eigenvalue weighted by Crippen LogP contribution is -2.60. The van der Waals surface area contributed by atoms with Crippen LogP contribution in [0.5, 0.6) is 0 Å². The van der Waals surface area contributed by atoms with Gasteiger partial charge in [-0.2, -0.15) is 39.5 Å². The van der Waals surface area contributed by atoms with Crippen LogP contribution < -0.4 is 0 Å². The van der Waals surface area contributed by atoms with E-state index in [1.807, 2.05) is 0 Å². The molecular formula is C23H37F9O2. The Morgan fingerprint density at radius 1 is 0.588 bits per heavy atom. The van der Waals surface area contributed by atoms with Gasteiger partial charge in [-0.05, 0) is 19.3 Å². The second kappa shape index (κ2) is 14.8. The van der Waals surface area contributed by atoms with E-state index in [2.05, 4.69) is 0 Å². The Kier molecular flexibility index (Phi) is 13.6. The van der Waals surface area contributed by atoms with Gasteiger partial charge in [0.2, 0.25) is 0 Å². The topological polar surface area (TPSA) is 18.5 Å². The molecule has 0 radical (unpaired) electrons. The Hall–Kier alpha value is -0.710. The first kappa shape index (κ1) is 31.3. The van der Waals surface area contributed by atoms with Crippen LogP contribution >= 0.6 is 0 Å². The van der Waals surface area contributed by atoms with E-state index in [9.17, 15) is 39.5 Å². The third-order valence-corrected chi connectivity index (χ3v) is 6.04. The summed E-state index contributed by atoms with van der Waals surface area (Å²) in [4.78, 5) is 0. The van der Waals surface area contributed by atoms with E-state index in [1.165, 1.54) is 0 Å². The molecule has 1 aliphatic rings. The molecule has 1 heterocycles. The van der Waals surface area contributed by atoms with Crippen LogP contribution in [0, 0.1) is 0 Å². The van der Waals surface area contributed by atoms with Gasteiger partial charge in [-0.15, -0.1) is 0 Å². The van der Waals surface area contributed by atoms with Crippen molar-refractivity contribution in [3.8, 4) is 0 Å². The van der Waals surface area contributed by atoms with E-state index in [-0.39, 0.29) is 12.7 Å². The molecule has 1 rings (SSSR count). The van der Waals surface area contributed by atoms with Crippen molar-refractivity contribution < 1.29 is 49.0 Å². The highest BCUT2D eigenvalue weighted by atomic mass is 19.4. The van der Waals surface area contributed by atoms with Crippen LogP contribution in [0.4, 0.5) is 39.5 Å². The maximum atomic E-state index is 13.4. The quantitative estimate of drug-likeness (QED) is 0.126. The standard InChI is InChI=1S/C23H37F9O2/c24-20(25,21(26,27)22(28,29)23(30,31)32)16-12-10-8-6-4-2-1-3-5-7-9-11-13-17-33-19-15-14-18-34-19/h19H,1-18H2. The minimum Gasteiger partial charge on any atom is -0.353 e.